The predicted molar refractivity (Wildman–Crippen MR) is 87.1 cm³/mol. The highest BCUT2D eigenvalue weighted by Crippen LogP contribution is 2.23. The van der Waals surface area contributed by atoms with Crippen molar-refractivity contribution in [2.75, 3.05) is 25.0 Å². The number of pyridine rings is 1. The first-order valence-electron chi connectivity index (χ1n) is 7.90. The highest BCUT2D eigenvalue weighted by atomic mass is 16.5. The average molecular weight is 315 g/mol. The van der Waals surface area contributed by atoms with E-state index in [9.17, 15) is 4.79 Å². The maximum absolute atomic E-state index is 12.5. The summed E-state index contributed by atoms with van der Waals surface area (Å²) in [5.41, 5.74) is 2.08. The van der Waals surface area contributed by atoms with Gasteiger partial charge in [0.15, 0.2) is 0 Å². The highest BCUT2D eigenvalue weighted by Gasteiger charge is 2.24. The van der Waals surface area contributed by atoms with Crippen LogP contribution in [0.3, 0.4) is 0 Å². The van der Waals surface area contributed by atoms with E-state index in [1.165, 1.54) is 0 Å². The molecule has 2 N–H and O–H groups in total. The van der Waals surface area contributed by atoms with Crippen LogP contribution < -0.4 is 5.32 Å². The zero-order valence-corrected chi connectivity index (χ0v) is 13.2. The number of morpholine rings is 1. The molecule has 2 aromatic heterocycles. The van der Waals surface area contributed by atoms with Crippen LogP contribution in [0.2, 0.25) is 0 Å². The van der Waals surface area contributed by atoms with E-state index in [4.69, 9.17) is 4.74 Å². The average Bonchev–Trinajstić information content (AvgIpc) is 3.04. The molecular weight excluding hydrogens is 294 g/mol. The number of amides is 2. The van der Waals surface area contributed by atoms with Crippen molar-refractivity contribution in [1.29, 1.82) is 0 Å². The molecule has 0 spiro atoms. The molecule has 3 rings (SSSR count). The number of nitrogens with one attached hydrogen (secondary N) is 2. The molecule has 0 aromatic carbocycles. The lowest BCUT2D eigenvalue weighted by molar-refractivity contribution is -0.0162. The second-order valence-corrected chi connectivity index (χ2v) is 5.53. The number of H-pyrrole nitrogens is 1. The Balaban J connectivity index is 1.68. The van der Waals surface area contributed by atoms with E-state index in [1.54, 1.807) is 17.3 Å². The van der Waals surface area contributed by atoms with Crippen molar-refractivity contribution < 1.29 is 9.53 Å². The summed E-state index contributed by atoms with van der Waals surface area (Å²) in [6, 6.07) is 5.48. The molecule has 7 heteroatoms. The van der Waals surface area contributed by atoms with E-state index in [0.29, 0.717) is 31.1 Å². The van der Waals surface area contributed by atoms with Crippen LogP contribution in [0, 0.1) is 0 Å². The molecule has 1 atom stereocenters. The van der Waals surface area contributed by atoms with Gasteiger partial charge < -0.3 is 15.0 Å². The van der Waals surface area contributed by atoms with Crippen molar-refractivity contribution in [1.82, 2.24) is 20.1 Å². The van der Waals surface area contributed by atoms with Gasteiger partial charge in [-0.15, -0.1) is 0 Å². The molecule has 0 aliphatic carbocycles. The fraction of sp³-hybridized carbons (Fsp3) is 0.438. The zero-order chi connectivity index (χ0) is 16.1. The standard InChI is InChI=1S/C16H21N5O2/c1-2-5-12-11-21(8-9-23-12)16(22)19-14-10-18-20-15(14)13-6-3-4-7-17-13/h3-4,6-7,10,12H,2,5,8-9,11H2,1H3,(H,18,20)(H,19,22)/t12-/m1/s1. The molecule has 0 saturated carbocycles. The van der Waals surface area contributed by atoms with Crippen LogP contribution in [0.5, 0.6) is 0 Å². The third-order valence-electron chi connectivity index (χ3n) is 3.84. The Hall–Kier alpha value is -2.41. The van der Waals surface area contributed by atoms with Gasteiger partial charge in [-0.2, -0.15) is 5.10 Å². The number of nitrogens with zero attached hydrogens (tertiary/aromatic N) is 3. The SMILES string of the molecule is CCC[C@@H]1CN(C(=O)Nc2cn[nH]c2-c2ccccn2)CCO1. The predicted octanol–water partition coefficient (Wildman–Crippen LogP) is 2.50. The first-order chi connectivity index (χ1) is 11.3. The van der Waals surface area contributed by atoms with Crippen molar-refractivity contribution in [2.24, 2.45) is 0 Å². The summed E-state index contributed by atoms with van der Waals surface area (Å²) in [5, 5.41) is 9.83. The number of rotatable bonds is 4. The summed E-state index contributed by atoms with van der Waals surface area (Å²) in [7, 11) is 0. The normalized spacial score (nSPS) is 18.0. The zero-order valence-electron chi connectivity index (χ0n) is 13.2. The number of anilines is 1. The van der Waals surface area contributed by atoms with Crippen molar-refractivity contribution in [2.45, 2.75) is 25.9 Å². The number of ether oxygens (including phenoxy) is 1. The second kappa shape index (κ2) is 7.23. The van der Waals surface area contributed by atoms with E-state index >= 15 is 0 Å². The third kappa shape index (κ3) is 3.68. The minimum Gasteiger partial charge on any atom is -0.375 e. The van der Waals surface area contributed by atoms with Gasteiger partial charge in [-0.3, -0.25) is 10.1 Å². The molecule has 0 unspecified atom stereocenters. The number of carbonyl (C=O) groups excluding carboxylic acids is 1. The third-order valence-corrected chi connectivity index (χ3v) is 3.84. The molecule has 1 aliphatic rings. The van der Waals surface area contributed by atoms with Gasteiger partial charge in [0.05, 0.1) is 30.3 Å². The smallest absolute Gasteiger partial charge is 0.322 e. The van der Waals surface area contributed by atoms with Gasteiger partial charge in [0.25, 0.3) is 0 Å². The van der Waals surface area contributed by atoms with Crippen molar-refractivity contribution in [3.8, 4) is 11.4 Å². The Bertz CT molecular complexity index is 641. The van der Waals surface area contributed by atoms with Gasteiger partial charge in [0.1, 0.15) is 5.69 Å². The molecule has 0 bridgehead atoms. The Labute approximate surface area is 135 Å². The molecule has 122 valence electrons. The summed E-state index contributed by atoms with van der Waals surface area (Å²) < 4.78 is 5.68. The molecule has 2 amide bonds. The van der Waals surface area contributed by atoms with E-state index < -0.39 is 0 Å². The fourth-order valence-corrected chi connectivity index (χ4v) is 2.68. The summed E-state index contributed by atoms with van der Waals surface area (Å²) in [6.45, 7) is 3.92. The minimum atomic E-state index is -0.131. The molecule has 7 nitrogen and oxygen atoms in total. The summed E-state index contributed by atoms with van der Waals surface area (Å²) in [6.07, 6.45) is 5.45. The fourth-order valence-electron chi connectivity index (χ4n) is 2.68. The number of aromatic amines is 1. The largest absolute Gasteiger partial charge is 0.375 e. The number of hydrogen-bond acceptors (Lipinski definition) is 4. The molecule has 0 radical (unpaired) electrons. The van der Waals surface area contributed by atoms with E-state index in [1.807, 2.05) is 18.2 Å². The first-order valence-corrected chi connectivity index (χ1v) is 7.90. The lowest BCUT2D eigenvalue weighted by Gasteiger charge is -2.32. The molecule has 1 saturated heterocycles. The monoisotopic (exact) mass is 315 g/mol. The van der Waals surface area contributed by atoms with E-state index in [2.05, 4.69) is 27.4 Å². The Morgan fingerprint density at radius 1 is 1.52 bits per heavy atom. The molecule has 2 aromatic rings. The van der Waals surface area contributed by atoms with Crippen LogP contribution in [0.25, 0.3) is 11.4 Å². The lowest BCUT2D eigenvalue weighted by atomic mass is 10.2. The number of carbonyl (C=O) groups is 1. The topological polar surface area (TPSA) is 83.1 Å². The van der Waals surface area contributed by atoms with Gasteiger partial charge in [0, 0.05) is 19.3 Å². The minimum absolute atomic E-state index is 0.124. The number of hydrogen-bond donors (Lipinski definition) is 2. The van der Waals surface area contributed by atoms with E-state index in [-0.39, 0.29) is 12.1 Å². The van der Waals surface area contributed by atoms with Crippen LogP contribution in [0.1, 0.15) is 19.8 Å². The molecular formula is C16H21N5O2. The molecule has 23 heavy (non-hydrogen) atoms. The highest BCUT2D eigenvalue weighted by molar-refractivity contribution is 5.93. The van der Waals surface area contributed by atoms with E-state index in [0.717, 1.165) is 18.5 Å². The number of urea groups is 1. The summed E-state index contributed by atoms with van der Waals surface area (Å²) >= 11 is 0. The number of aromatic nitrogens is 3. The van der Waals surface area contributed by atoms with Crippen LogP contribution in [-0.4, -0.2) is 51.9 Å². The first kappa shape index (κ1) is 15.5. The quantitative estimate of drug-likeness (QED) is 0.908. The Morgan fingerprint density at radius 2 is 2.43 bits per heavy atom. The molecule has 1 aliphatic heterocycles. The van der Waals surface area contributed by atoms with Crippen molar-refractivity contribution in [3.63, 3.8) is 0 Å². The van der Waals surface area contributed by atoms with Gasteiger partial charge in [0.2, 0.25) is 0 Å². The lowest BCUT2D eigenvalue weighted by Crippen LogP contribution is -2.47. The maximum Gasteiger partial charge on any atom is 0.322 e. The van der Waals surface area contributed by atoms with Crippen LogP contribution in [-0.2, 0) is 4.74 Å². The van der Waals surface area contributed by atoms with Crippen LogP contribution >= 0.6 is 0 Å². The summed E-state index contributed by atoms with van der Waals surface area (Å²) in [4.78, 5) is 18.6. The van der Waals surface area contributed by atoms with Crippen molar-refractivity contribution in [3.05, 3.63) is 30.6 Å². The van der Waals surface area contributed by atoms with Gasteiger partial charge in [-0.1, -0.05) is 19.4 Å². The Kier molecular flexibility index (Phi) is 4.87. The van der Waals surface area contributed by atoms with Crippen molar-refractivity contribution >= 4 is 11.7 Å². The molecule has 3 heterocycles. The molecule has 1 fully saturated rings. The maximum atomic E-state index is 12.5. The van der Waals surface area contributed by atoms with Crippen LogP contribution in [0.4, 0.5) is 10.5 Å². The summed E-state index contributed by atoms with van der Waals surface area (Å²) in [5.74, 6) is 0. The van der Waals surface area contributed by atoms with Gasteiger partial charge in [-0.05, 0) is 18.6 Å². The van der Waals surface area contributed by atoms with Gasteiger partial charge >= 0.3 is 6.03 Å². The van der Waals surface area contributed by atoms with Gasteiger partial charge in [-0.25, -0.2) is 4.79 Å². The Morgan fingerprint density at radius 3 is 3.22 bits per heavy atom. The second-order valence-electron chi connectivity index (χ2n) is 5.53. The van der Waals surface area contributed by atoms with Crippen LogP contribution in [0.15, 0.2) is 30.6 Å².